The number of benzene rings is 1. The van der Waals surface area contributed by atoms with Crippen LogP contribution in [-0.4, -0.2) is 16.1 Å². The van der Waals surface area contributed by atoms with E-state index in [1.165, 1.54) is 0 Å². The summed E-state index contributed by atoms with van der Waals surface area (Å²) in [6.45, 7) is 0.417. The molecule has 0 fully saturated rings. The van der Waals surface area contributed by atoms with Crippen LogP contribution in [0, 0.1) is 0 Å². The number of hydrogen-bond acceptors (Lipinski definition) is 2. The lowest BCUT2D eigenvalue weighted by Gasteiger charge is -2.11. The first-order valence-corrected chi connectivity index (χ1v) is 7.21. The molecule has 4 nitrogen and oxygen atoms in total. The molecule has 3 rings (SSSR count). The van der Waals surface area contributed by atoms with Gasteiger partial charge in [0.15, 0.2) is 5.69 Å². The number of carbonyl (C=O) groups excluding carboxylic acids is 1. The lowest BCUT2D eigenvalue weighted by Crippen LogP contribution is -2.24. The van der Waals surface area contributed by atoms with E-state index in [2.05, 4.69) is 15.5 Å². The molecule has 20 heavy (non-hydrogen) atoms. The van der Waals surface area contributed by atoms with Crippen LogP contribution in [0.25, 0.3) is 0 Å². The van der Waals surface area contributed by atoms with Gasteiger partial charge in [0.05, 0.1) is 0 Å². The summed E-state index contributed by atoms with van der Waals surface area (Å²) < 4.78 is 0. The maximum absolute atomic E-state index is 12.2. The first kappa shape index (κ1) is 13.2. The van der Waals surface area contributed by atoms with E-state index in [0.717, 1.165) is 42.5 Å². The van der Waals surface area contributed by atoms with Crippen LogP contribution < -0.4 is 5.32 Å². The molecule has 0 saturated heterocycles. The van der Waals surface area contributed by atoms with Crippen molar-refractivity contribution >= 4 is 17.5 Å². The first-order valence-electron chi connectivity index (χ1n) is 6.83. The smallest absolute Gasteiger partial charge is 0.272 e. The Hall–Kier alpha value is -1.81. The van der Waals surface area contributed by atoms with Crippen molar-refractivity contribution in [2.45, 2.75) is 32.2 Å². The van der Waals surface area contributed by atoms with Gasteiger partial charge in [0.2, 0.25) is 0 Å². The van der Waals surface area contributed by atoms with Crippen LogP contribution in [0.5, 0.6) is 0 Å². The van der Waals surface area contributed by atoms with E-state index in [1.54, 1.807) is 0 Å². The number of aryl methyl sites for hydroxylation is 1. The van der Waals surface area contributed by atoms with Gasteiger partial charge in [-0.25, -0.2) is 0 Å². The standard InChI is InChI=1S/C15H16ClN3O/c16-12-7-3-1-5-10(12)9-17-15(20)14-11-6-2-4-8-13(11)18-19-14/h1,3,5,7H,2,4,6,8-9H2,(H,17,20)(H,18,19). The van der Waals surface area contributed by atoms with Crippen molar-refractivity contribution in [1.82, 2.24) is 15.5 Å². The second-order valence-corrected chi connectivity index (χ2v) is 5.42. The summed E-state index contributed by atoms with van der Waals surface area (Å²) >= 11 is 6.07. The molecule has 1 aromatic heterocycles. The number of H-pyrrole nitrogens is 1. The summed E-state index contributed by atoms with van der Waals surface area (Å²) in [5.74, 6) is -0.135. The summed E-state index contributed by atoms with van der Waals surface area (Å²) in [6, 6.07) is 7.50. The van der Waals surface area contributed by atoms with Crippen LogP contribution in [0.15, 0.2) is 24.3 Å². The van der Waals surface area contributed by atoms with Crippen molar-refractivity contribution < 1.29 is 4.79 Å². The van der Waals surface area contributed by atoms with E-state index < -0.39 is 0 Å². The molecule has 1 amide bonds. The fourth-order valence-electron chi connectivity index (χ4n) is 2.57. The van der Waals surface area contributed by atoms with Gasteiger partial charge in [-0.15, -0.1) is 0 Å². The molecule has 0 unspecified atom stereocenters. The normalized spacial score (nSPS) is 13.8. The van der Waals surface area contributed by atoms with Gasteiger partial charge in [-0.3, -0.25) is 9.89 Å². The Balaban J connectivity index is 1.71. The number of halogens is 1. The number of amides is 1. The topological polar surface area (TPSA) is 57.8 Å². The monoisotopic (exact) mass is 289 g/mol. The third kappa shape index (κ3) is 2.56. The van der Waals surface area contributed by atoms with Gasteiger partial charge >= 0.3 is 0 Å². The van der Waals surface area contributed by atoms with Crippen molar-refractivity contribution in [2.24, 2.45) is 0 Å². The van der Waals surface area contributed by atoms with E-state index in [1.807, 2.05) is 24.3 Å². The quantitative estimate of drug-likeness (QED) is 0.913. The second-order valence-electron chi connectivity index (χ2n) is 5.01. The van der Waals surface area contributed by atoms with Crippen LogP contribution in [0.1, 0.15) is 40.2 Å². The Morgan fingerprint density at radius 1 is 1.30 bits per heavy atom. The average molecular weight is 290 g/mol. The zero-order chi connectivity index (χ0) is 13.9. The number of hydrogen-bond donors (Lipinski definition) is 2. The van der Waals surface area contributed by atoms with E-state index in [-0.39, 0.29) is 5.91 Å². The Morgan fingerprint density at radius 2 is 2.10 bits per heavy atom. The van der Waals surface area contributed by atoms with Gasteiger partial charge < -0.3 is 5.32 Å². The van der Waals surface area contributed by atoms with Crippen LogP contribution in [0.2, 0.25) is 5.02 Å². The molecular formula is C15H16ClN3O. The number of nitrogens with zero attached hydrogens (tertiary/aromatic N) is 1. The highest BCUT2D eigenvalue weighted by atomic mass is 35.5. The summed E-state index contributed by atoms with van der Waals surface area (Å²) in [6.07, 6.45) is 4.20. The summed E-state index contributed by atoms with van der Waals surface area (Å²) in [5, 5.41) is 10.7. The number of aromatic amines is 1. The summed E-state index contributed by atoms with van der Waals surface area (Å²) in [7, 11) is 0. The minimum atomic E-state index is -0.135. The van der Waals surface area contributed by atoms with E-state index >= 15 is 0 Å². The van der Waals surface area contributed by atoms with Crippen LogP contribution >= 0.6 is 11.6 Å². The van der Waals surface area contributed by atoms with Crippen LogP contribution in [-0.2, 0) is 19.4 Å². The van der Waals surface area contributed by atoms with Crippen molar-refractivity contribution in [2.75, 3.05) is 0 Å². The molecule has 2 N–H and O–H groups in total. The second kappa shape index (κ2) is 5.67. The van der Waals surface area contributed by atoms with E-state index in [0.29, 0.717) is 17.3 Å². The van der Waals surface area contributed by atoms with Gasteiger partial charge in [0, 0.05) is 22.8 Å². The molecule has 5 heteroatoms. The molecule has 0 bridgehead atoms. The molecule has 0 radical (unpaired) electrons. The molecule has 1 aromatic carbocycles. The lowest BCUT2D eigenvalue weighted by atomic mass is 9.96. The molecule has 1 aliphatic rings. The van der Waals surface area contributed by atoms with Gasteiger partial charge in [-0.2, -0.15) is 5.10 Å². The lowest BCUT2D eigenvalue weighted by molar-refractivity contribution is 0.0945. The molecule has 0 aliphatic heterocycles. The molecule has 0 spiro atoms. The third-order valence-corrected chi connectivity index (χ3v) is 4.04. The number of carbonyl (C=O) groups is 1. The van der Waals surface area contributed by atoms with Gasteiger partial charge in [-0.05, 0) is 37.3 Å². The minimum absolute atomic E-state index is 0.135. The maximum Gasteiger partial charge on any atom is 0.272 e. The van der Waals surface area contributed by atoms with Crippen LogP contribution in [0.3, 0.4) is 0 Å². The van der Waals surface area contributed by atoms with Crippen molar-refractivity contribution in [3.8, 4) is 0 Å². The number of nitrogens with one attached hydrogen (secondary N) is 2. The fraction of sp³-hybridized carbons (Fsp3) is 0.333. The van der Waals surface area contributed by atoms with Crippen LogP contribution in [0.4, 0.5) is 0 Å². The third-order valence-electron chi connectivity index (χ3n) is 3.67. The van der Waals surface area contributed by atoms with Gasteiger partial charge in [0.25, 0.3) is 5.91 Å². The SMILES string of the molecule is O=C(NCc1ccccc1Cl)c1n[nH]c2c1CCCC2. The number of aromatic nitrogens is 2. The number of rotatable bonds is 3. The molecular weight excluding hydrogens is 274 g/mol. The highest BCUT2D eigenvalue weighted by Gasteiger charge is 2.21. The highest BCUT2D eigenvalue weighted by molar-refractivity contribution is 6.31. The van der Waals surface area contributed by atoms with Crippen molar-refractivity contribution in [1.29, 1.82) is 0 Å². The Bertz CT molecular complexity index is 636. The Morgan fingerprint density at radius 3 is 2.95 bits per heavy atom. The Labute approximate surface area is 122 Å². The summed E-state index contributed by atoms with van der Waals surface area (Å²) in [5.41, 5.74) is 3.63. The molecule has 1 aliphatic carbocycles. The van der Waals surface area contributed by atoms with E-state index in [9.17, 15) is 4.79 Å². The predicted molar refractivity (Wildman–Crippen MR) is 77.9 cm³/mol. The number of fused-ring (bicyclic) bond motifs is 1. The Kier molecular flexibility index (Phi) is 3.74. The van der Waals surface area contributed by atoms with Gasteiger partial charge in [-0.1, -0.05) is 29.8 Å². The van der Waals surface area contributed by atoms with Gasteiger partial charge in [0.1, 0.15) is 0 Å². The molecule has 0 saturated carbocycles. The molecule has 2 aromatic rings. The highest BCUT2D eigenvalue weighted by Crippen LogP contribution is 2.22. The van der Waals surface area contributed by atoms with Crippen molar-refractivity contribution in [3.05, 3.63) is 51.8 Å². The zero-order valence-electron chi connectivity index (χ0n) is 11.1. The zero-order valence-corrected chi connectivity index (χ0v) is 11.8. The summed E-state index contributed by atoms with van der Waals surface area (Å²) in [4.78, 5) is 12.2. The first-order chi connectivity index (χ1) is 9.75. The minimum Gasteiger partial charge on any atom is -0.347 e. The molecule has 1 heterocycles. The van der Waals surface area contributed by atoms with E-state index in [4.69, 9.17) is 11.6 Å². The maximum atomic E-state index is 12.2. The predicted octanol–water partition coefficient (Wildman–Crippen LogP) is 2.87. The average Bonchev–Trinajstić information content (AvgIpc) is 2.90. The molecule has 104 valence electrons. The largest absolute Gasteiger partial charge is 0.347 e. The fourth-order valence-corrected chi connectivity index (χ4v) is 2.77. The molecule has 0 atom stereocenters. The van der Waals surface area contributed by atoms with Crippen molar-refractivity contribution in [3.63, 3.8) is 0 Å².